The average Bonchev–Trinajstić information content (AvgIpc) is 3.20. The van der Waals surface area contributed by atoms with Gasteiger partial charge in [0.2, 0.25) is 0 Å². The van der Waals surface area contributed by atoms with Crippen LogP contribution in [0.4, 0.5) is 13.2 Å². The first kappa shape index (κ1) is 19.8. The van der Waals surface area contributed by atoms with E-state index in [2.05, 4.69) is 9.97 Å². The summed E-state index contributed by atoms with van der Waals surface area (Å²) in [6, 6.07) is 8.32. The molecular formula is C22H17F3N4O. The van der Waals surface area contributed by atoms with E-state index in [-0.39, 0.29) is 22.6 Å². The first-order chi connectivity index (χ1) is 14.1. The Labute approximate surface area is 170 Å². The predicted molar refractivity (Wildman–Crippen MR) is 103 cm³/mol. The maximum Gasteiger partial charge on any atom is 0.416 e. The zero-order valence-corrected chi connectivity index (χ0v) is 16.3. The zero-order chi connectivity index (χ0) is 21.7. The second-order valence-electron chi connectivity index (χ2n) is 7.95. The van der Waals surface area contributed by atoms with Crippen LogP contribution in [0, 0.1) is 16.7 Å². The van der Waals surface area contributed by atoms with Crippen LogP contribution in [0.1, 0.15) is 47.4 Å². The van der Waals surface area contributed by atoms with Crippen LogP contribution in [-0.4, -0.2) is 20.3 Å². The maximum absolute atomic E-state index is 13.1. The van der Waals surface area contributed by atoms with Crippen molar-refractivity contribution in [1.29, 1.82) is 5.26 Å². The zero-order valence-electron chi connectivity index (χ0n) is 16.3. The molecule has 0 fully saturated rings. The standard InChI is InChI=1S/C22H17F3N4O/c1-21(2)6-5-17-16(20(21)30)3-4-19(28-17)29-11-18(27-12-29)14-7-13(10-26)8-15(9-14)22(23,24)25/h3-4,7-9,11-12H,5-6H2,1-2H3. The molecule has 8 heteroatoms. The molecule has 2 heterocycles. The summed E-state index contributed by atoms with van der Waals surface area (Å²) in [6.07, 6.45) is -0.191. The molecule has 1 aliphatic rings. The Morgan fingerprint density at radius 1 is 1.20 bits per heavy atom. The summed E-state index contributed by atoms with van der Waals surface area (Å²) in [4.78, 5) is 21.3. The number of carbonyl (C=O) groups is 1. The first-order valence-electron chi connectivity index (χ1n) is 9.30. The molecule has 0 saturated carbocycles. The highest BCUT2D eigenvalue weighted by Gasteiger charge is 2.35. The molecule has 0 saturated heterocycles. The molecule has 2 aromatic heterocycles. The van der Waals surface area contributed by atoms with Crippen molar-refractivity contribution in [2.45, 2.75) is 32.9 Å². The Kier molecular flexibility index (Phi) is 4.49. The van der Waals surface area contributed by atoms with Crippen LogP contribution in [0.2, 0.25) is 0 Å². The van der Waals surface area contributed by atoms with Crippen LogP contribution in [0.5, 0.6) is 0 Å². The SMILES string of the molecule is CC1(C)CCc2nc(-n3cnc(-c4cc(C#N)cc(C(F)(F)F)c4)c3)ccc2C1=O. The fourth-order valence-electron chi connectivity index (χ4n) is 3.54. The van der Waals surface area contributed by atoms with Crippen LogP contribution in [0.3, 0.4) is 0 Å². The molecule has 1 aliphatic carbocycles. The number of pyridine rings is 1. The fourth-order valence-corrected chi connectivity index (χ4v) is 3.54. The van der Waals surface area contributed by atoms with E-state index in [1.54, 1.807) is 29.0 Å². The lowest BCUT2D eigenvalue weighted by atomic mass is 9.75. The van der Waals surface area contributed by atoms with Gasteiger partial charge in [0.15, 0.2) is 5.78 Å². The van der Waals surface area contributed by atoms with E-state index in [0.717, 1.165) is 12.1 Å². The van der Waals surface area contributed by atoms with Gasteiger partial charge in [0, 0.05) is 22.7 Å². The molecule has 0 atom stereocenters. The number of nitriles is 1. The van der Waals surface area contributed by atoms with Gasteiger partial charge in [0.05, 0.1) is 28.6 Å². The second-order valence-corrected chi connectivity index (χ2v) is 7.95. The van der Waals surface area contributed by atoms with E-state index in [1.807, 2.05) is 13.8 Å². The molecule has 0 N–H and O–H groups in total. The molecule has 4 rings (SSSR count). The topological polar surface area (TPSA) is 71.6 Å². The molecule has 1 aromatic carbocycles. The quantitative estimate of drug-likeness (QED) is 0.597. The normalized spacial score (nSPS) is 15.5. The molecule has 0 aliphatic heterocycles. The number of hydrogen-bond donors (Lipinski definition) is 0. The highest BCUT2D eigenvalue weighted by Crippen LogP contribution is 2.35. The summed E-state index contributed by atoms with van der Waals surface area (Å²) in [5.74, 6) is 0.578. The van der Waals surface area contributed by atoms with Gasteiger partial charge in [-0.3, -0.25) is 9.36 Å². The first-order valence-corrected chi connectivity index (χ1v) is 9.30. The number of hydrogen-bond acceptors (Lipinski definition) is 4. The third-order valence-corrected chi connectivity index (χ3v) is 5.34. The third kappa shape index (κ3) is 3.47. The number of carbonyl (C=O) groups excluding carboxylic acids is 1. The van der Waals surface area contributed by atoms with Crippen molar-refractivity contribution in [3.05, 3.63) is 65.2 Å². The van der Waals surface area contributed by atoms with Crippen molar-refractivity contribution >= 4 is 5.78 Å². The van der Waals surface area contributed by atoms with Gasteiger partial charge in [-0.1, -0.05) is 13.8 Å². The minimum atomic E-state index is -4.56. The van der Waals surface area contributed by atoms with Gasteiger partial charge < -0.3 is 0 Å². The van der Waals surface area contributed by atoms with Crippen LogP contribution in [0.25, 0.3) is 17.1 Å². The Morgan fingerprint density at radius 3 is 2.67 bits per heavy atom. The van der Waals surface area contributed by atoms with Crippen molar-refractivity contribution < 1.29 is 18.0 Å². The number of benzene rings is 1. The number of ketones is 1. The highest BCUT2D eigenvalue weighted by molar-refractivity contribution is 6.02. The number of halogens is 3. The summed E-state index contributed by atoms with van der Waals surface area (Å²) in [5, 5.41) is 9.07. The van der Waals surface area contributed by atoms with E-state index < -0.39 is 17.2 Å². The number of alkyl halides is 3. The molecule has 0 spiro atoms. The number of fused-ring (bicyclic) bond motifs is 1. The lowest BCUT2D eigenvalue weighted by Crippen LogP contribution is -2.31. The second kappa shape index (κ2) is 6.80. The number of aromatic nitrogens is 3. The fraction of sp³-hybridized carbons (Fsp3) is 0.273. The monoisotopic (exact) mass is 410 g/mol. The molecular weight excluding hydrogens is 393 g/mol. The van der Waals surface area contributed by atoms with Crippen molar-refractivity contribution in [3.63, 3.8) is 0 Å². The summed E-state index contributed by atoms with van der Waals surface area (Å²) in [5.41, 5.74) is 0.371. The van der Waals surface area contributed by atoms with E-state index in [9.17, 15) is 18.0 Å². The van der Waals surface area contributed by atoms with Gasteiger partial charge in [-0.15, -0.1) is 0 Å². The highest BCUT2D eigenvalue weighted by atomic mass is 19.4. The van der Waals surface area contributed by atoms with Gasteiger partial charge in [0.25, 0.3) is 0 Å². The van der Waals surface area contributed by atoms with E-state index in [4.69, 9.17) is 5.26 Å². The smallest absolute Gasteiger partial charge is 0.294 e. The Bertz CT molecular complexity index is 1200. The van der Waals surface area contributed by atoms with Gasteiger partial charge >= 0.3 is 6.18 Å². The van der Waals surface area contributed by atoms with E-state index in [0.29, 0.717) is 29.9 Å². The molecule has 30 heavy (non-hydrogen) atoms. The minimum Gasteiger partial charge on any atom is -0.294 e. The van der Waals surface area contributed by atoms with Crippen molar-refractivity contribution in [3.8, 4) is 23.1 Å². The van der Waals surface area contributed by atoms with Crippen molar-refractivity contribution in [1.82, 2.24) is 14.5 Å². The van der Waals surface area contributed by atoms with Crippen LogP contribution >= 0.6 is 0 Å². The summed E-state index contributed by atoms with van der Waals surface area (Å²) >= 11 is 0. The number of aryl methyl sites for hydroxylation is 1. The van der Waals surface area contributed by atoms with Gasteiger partial charge in [0.1, 0.15) is 12.1 Å². The van der Waals surface area contributed by atoms with Crippen molar-refractivity contribution in [2.75, 3.05) is 0 Å². The summed E-state index contributed by atoms with van der Waals surface area (Å²) < 4.78 is 41.0. The van der Waals surface area contributed by atoms with Gasteiger partial charge in [-0.2, -0.15) is 18.4 Å². The number of rotatable bonds is 2. The largest absolute Gasteiger partial charge is 0.416 e. The van der Waals surface area contributed by atoms with E-state index >= 15 is 0 Å². The molecule has 0 amide bonds. The minimum absolute atomic E-state index is 0.0575. The van der Waals surface area contributed by atoms with Gasteiger partial charge in [-0.25, -0.2) is 9.97 Å². The lowest BCUT2D eigenvalue weighted by Gasteiger charge is -2.29. The third-order valence-electron chi connectivity index (χ3n) is 5.34. The number of imidazole rings is 1. The van der Waals surface area contributed by atoms with Crippen LogP contribution in [-0.2, 0) is 12.6 Å². The Balaban J connectivity index is 1.71. The van der Waals surface area contributed by atoms with Crippen molar-refractivity contribution in [2.24, 2.45) is 5.41 Å². The van der Waals surface area contributed by atoms with E-state index in [1.165, 1.54) is 12.4 Å². The maximum atomic E-state index is 13.1. The lowest BCUT2D eigenvalue weighted by molar-refractivity contribution is -0.137. The predicted octanol–water partition coefficient (Wildman–Crippen LogP) is 4.98. The Hall–Kier alpha value is -3.47. The number of Topliss-reactive ketones (excluding diaryl/α,β-unsaturated/α-hetero) is 1. The molecule has 0 radical (unpaired) electrons. The molecule has 152 valence electrons. The molecule has 5 nitrogen and oxygen atoms in total. The molecule has 0 unspecified atom stereocenters. The number of nitrogens with zero attached hydrogens (tertiary/aromatic N) is 4. The summed E-state index contributed by atoms with van der Waals surface area (Å²) in [6.45, 7) is 3.83. The van der Waals surface area contributed by atoms with Gasteiger partial charge in [-0.05, 0) is 43.2 Å². The molecule has 0 bridgehead atoms. The molecule has 3 aromatic rings. The average molecular weight is 410 g/mol. The summed E-state index contributed by atoms with van der Waals surface area (Å²) in [7, 11) is 0. The van der Waals surface area contributed by atoms with Crippen LogP contribution < -0.4 is 0 Å². The van der Waals surface area contributed by atoms with Crippen LogP contribution in [0.15, 0.2) is 42.9 Å². The Morgan fingerprint density at radius 2 is 1.97 bits per heavy atom.